The van der Waals surface area contributed by atoms with Crippen molar-refractivity contribution in [3.05, 3.63) is 27.8 Å². The van der Waals surface area contributed by atoms with Crippen LogP contribution in [0.15, 0.2) is 9.90 Å². The molecule has 94 valence electrons. The number of rotatable bonds is 5. The molecule has 7 heteroatoms. The van der Waals surface area contributed by atoms with Crippen LogP contribution in [0, 0.1) is 18.3 Å². The highest BCUT2D eigenvalue weighted by atomic mass is 32.1. The summed E-state index contributed by atoms with van der Waals surface area (Å²) in [6, 6.07) is 1.89. The Bertz CT molecular complexity index is 557. The van der Waals surface area contributed by atoms with Crippen LogP contribution in [-0.4, -0.2) is 26.3 Å². The number of nitrogens with zero attached hydrogens (tertiary/aromatic N) is 4. The van der Waals surface area contributed by atoms with E-state index in [0.717, 1.165) is 10.7 Å². The fraction of sp³-hybridized carbons (Fsp3) is 0.455. The second-order valence-corrected chi connectivity index (χ2v) is 4.92. The minimum atomic E-state index is -0.759. The van der Waals surface area contributed by atoms with E-state index in [-0.39, 0.29) is 12.8 Å². The lowest BCUT2D eigenvalue weighted by atomic mass is 10.2. The molecule has 0 fully saturated rings. The molecule has 0 aliphatic carbocycles. The van der Waals surface area contributed by atoms with E-state index in [1.165, 1.54) is 0 Å². The van der Waals surface area contributed by atoms with E-state index in [1.807, 2.05) is 18.4 Å². The van der Waals surface area contributed by atoms with Crippen molar-refractivity contribution < 1.29 is 9.63 Å². The summed E-state index contributed by atoms with van der Waals surface area (Å²) in [6.07, 6.45) is 0.0202. The van der Waals surface area contributed by atoms with Crippen molar-refractivity contribution in [1.29, 1.82) is 5.26 Å². The molecule has 0 saturated heterocycles. The number of hydrogen-bond donors (Lipinski definition) is 1. The van der Waals surface area contributed by atoms with E-state index < -0.39 is 6.10 Å². The lowest BCUT2D eigenvalue weighted by Gasteiger charge is -1.99. The number of aliphatic hydroxyl groups excluding tert-OH is 1. The minimum Gasteiger partial charge on any atom is -0.392 e. The Morgan fingerprint density at radius 1 is 1.56 bits per heavy atom. The predicted octanol–water partition coefficient (Wildman–Crippen LogP) is 1.24. The summed E-state index contributed by atoms with van der Waals surface area (Å²) in [5, 5.41) is 24.6. The van der Waals surface area contributed by atoms with Crippen LogP contribution in [0.1, 0.15) is 28.8 Å². The molecule has 18 heavy (non-hydrogen) atoms. The molecule has 1 atom stereocenters. The first-order valence-electron chi connectivity index (χ1n) is 5.45. The normalized spacial score (nSPS) is 12.3. The maximum atomic E-state index is 9.44. The van der Waals surface area contributed by atoms with E-state index in [2.05, 4.69) is 15.1 Å². The zero-order chi connectivity index (χ0) is 13.0. The average Bonchev–Trinajstić information content (AvgIpc) is 2.89. The van der Waals surface area contributed by atoms with Crippen molar-refractivity contribution in [2.24, 2.45) is 0 Å². The Morgan fingerprint density at radius 2 is 2.39 bits per heavy atom. The second kappa shape index (κ2) is 5.71. The van der Waals surface area contributed by atoms with Crippen molar-refractivity contribution >= 4 is 11.3 Å². The van der Waals surface area contributed by atoms with Crippen LogP contribution in [0.5, 0.6) is 0 Å². The van der Waals surface area contributed by atoms with Crippen LogP contribution in [0.25, 0.3) is 0 Å². The van der Waals surface area contributed by atoms with Crippen LogP contribution < -0.4 is 0 Å². The SMILES string of the molecule is Cc1nc(Cc2noc(CC(O)CC#N)n2)cs1. The van der Waals surface area contributed by atoms with Crippen molar-refractivity contribution in [1.82, 2.24) is 15.1 Å². The molecule has 0 amide bonds. The van der Waals surface area contributed by atoms with Gasteiger partial charge in [0.1, 0.15) is 0 Å². The Labute approximate surface area is 108 Å². The largest absolute Gasteiger partial charge is 0.392 e. The average molecular weight is 264 g/mol. The van der Waals surface area contributed by atoms with Crippen LogP contribution in [0.2, 0.25) is 0 Å². The number of nitriles is 1. The van der Waals surface area contributed by atoms with Crippen molar-refractivity contribution in [2.75, 3.05) is 0 Å². The molecule has 1 N–H and O–H groups in total. The summed E-state index contributed by atoms with van der Waals surface area (Å²) in [6.45, 7) is 1.94. The Hall–Kier alpha value is -1.78. The Kier molecular flexibility index (Phi) is 4.02. The summed E-state index contributed by atoms with van der Waals surface area (Å²) in [7, 11) is 0. The van der Waals surface area contributed by atoms with Crippen molar-refractivity contribution in [3.63, 3.8) is 0 Å². The summed E-state index contributed by atoms with van der Waals surface area (Å²) >= 11 is 1.57. The van der Waals surface area contributed by atoms with Gasteiger partial charge in [0.25, 0.3) is 0 Å². The second-order valence-electron chi connectivity index (χ2n) is 3.86. The van der Waals surface area contributed by atoms with Gasteiger partial charge in [-0.3, -0.25) is 0 Å². The fourth-order valence-corrected chi connectivity index (χ4v) is 2.09. The van der Waals surface area contributed by atoms with Gasteiger partial charge >= 0.3 is 0 Å². The molecule has 0 bridgehead atoms. The van der Waals surface area contributed by atoms with E-state index in [0.29, 0.717) is 18.1 Å². The Morgan fingerprint density at radius 3 is 3.06 bits per heavy atom. The first kappa shape index (κ1) is 12.7. The quantitative estimate of drug-likeness (QED) is 0.872. The van der Waals surface area contributed by atoms with Gasteiger partial charge in [-0.15, -0.1) is 11.3 Å². The minimum absolute atomic E-state index is 0.0585. The summed E-state index contributed by atoms with van der Waals surface area (Å²) < 4.78 is 5.01. The maximum absolute atomic E-state index is 9.44. The van der Waals surface area contributed by atoms with Gasteiger partial charge in [0.2, 0.25) is 5.89 Å². The van der Waals surface area contributed by atoms with Crippen LogP contribution >= 0.6 is 11.3 Å². The Balaban J connectivity index is 1.96. The van der Waals surface area contributed by atoms with E-state index in [4.69, 9.17) is 9.78 Å². The lowest BCUT2D eigenvalue weighted by molar-refractivity contribution is 0.167. The highest BCUT2D eigenvalue weighted by Crippen LogP contribution is 2.12. The molecular formula is C11H12N4O2S. The summed E-state index contributed by atoms with van der Waals surface area (Å²) in [5.41, 5.74) is 0.905. The molecule has 0 spiro atoms. The molecule has 6 nitrogen and oxygen atoms in total. The van der Waals surface area contributed by atoms with E-state index >= 15 is 0 Å². The number of aryl methyl sites for hydroxylation is 1. The van der Waals surface area contributed by atoms with Crippen LogP contribution in [0.4, 0.5) is 0 Å². The molecule has 0 aromatic carbocycles. The third-order valence-electron chi connectivity index (χ3n) is 2.25. The van der Waals surface area contributed by atoms with E-state index in [1.54, 1.807) is 11.3 Å². The highest BCUT2D eigenvalue weighted by Gasteiger charge is 2.13. The third kappa shape index (κ3) is 3.35. The zero-order valence-corrected chi connectivity index (χ0v) is 10.6. The smallest absolute Gasteiger partial charge is 0.229 e. The van der Waals surface area contributed by atoms with Gasteiger partial charge in [-0.25, -0.2) is 4.98 Å². The zero-order valence-electron chi connectivity index (χ0n) is 9.83. The van der Waals surface area contributed by atoms with Gasteiger partial charge in [0.15, 0.2) is 5.82 Å². The molecule has 2 aromatic heterocycles. The number of hydrogen-bond acceptors (Lipinski definition) is 7. The fourth-order valence-electron chi connectivity index (χ4n) is 1.48. The van der Waals surface area contributed by atoms with Crippen LogP contribution in [0.3, 0.4) is 0 Å². The molecule has 0 aliphatic rings. The molecule has 2 heterocycles. The number of thiazole rings is 1. The number of aromatic nitrogens is 3. The van der Waals surface area contributed by atoms with Gasteiger partial charge in [-0.05, 0) is 6.92 Å². The molecular weight excluding hydrogens is 252 g/mol. The lowest BCUT2D eigenvalue weighted by Crippen LogP contribution is -2.09. The number of aliphatic hydroxyl groups is 1. The van der Waals surface area contributed by atoms with Gasteiger partial charge in [0, 0.05) is 5.38 Å². The van der Waals surface area contributed by atoms with Gasteiger partial charge in [-0.1, -0.05) is 5.16 Å². The molecule has 2 rings (SSSR count). The molecule has 2 aromatic rings. The topological polar surface area (TPSA) is 95.8 Å². The molecule has 0 saturated carbocycles. The van der Waals surface area contributed by atoms with Crippen LogP contribution in [-0.2, 0) is 12.8 Å². The summed E-state index contributed by atoms with van der Waals surface area (Å²) in [4.78, 5) is 8.46. The van der Waals surface area contributed by atoms with Gasteiger partial charge in [-0.2, -0.15) is 10.2 Å². The van der Waals surface area contributed by atoms with Crippen molar-refractivity contribution in [3.8, 4) is 6.07 Å². The molecule has 0 aliphatic heterocycles. The predicted molar refractivity (Wildman–Crippen MR) is 63.9 cm³/mol. The first-order chi connectivity index (χ1) is 8.67. The van der Waals surface area contributed by atoms with Crippen molar-refractivity contribution in [2.45, 2.75) is 32.3 Å². The maximum Gasteiger partial charge on any atom is 0.229 e. The molecule has 0 radical (unpaired) electrons. The summed E-state index contributed by atoms with van der Waals surface area (Å²) in [5.74, 6) is 0.888. The first-order valence-corrected chi connectivity index (χ1v) is 6.33. The highest BCUT2D eigenvalue weighted by molar-refractivity contribution is 7.09. The monoisotopic (exact) mass is 264 g/mol. The molecule has 1 unspecified atom stereocenters. The standard InChI is InChI=1S/C11H12N4O2S/c1-7-13-8(6-18-7)4-10-14-11(17-15-10)5-9(16)2-3-12/h6,9,16H,2,4-5H2,1H3. The van der Waals surface area contributed by atoms with Gasteiger partial charge in [0.05, 0.1) is 42.1 Å². The third-order valence-corrected chi connectivity index (χ3v) is 3.08. The van der Waals surface area contributed by atoms with E-state index in [9.17, 15) is 5.11 Å². The van der Waals surface area contributed by atoms with Gasteiger partial charge < -0.3 is 9.63 Å².